The summed E-state index contributed by atoms with van der Waals surface area (Å²) in [5.74, 6) is -0.277. The Morgan fingerprint density at radius 1 is 1.67 bits per heavy atom. The molecule has 1 fully saturated rings. The second kappa shape index (κ2) is 3.87. The van der Waals surface area contributed by atoms with Gasteiger partial charge in [0.25, 0.3) is 5.91 Å². The summed E-state index contributed by atoms with van der Waals surface area (Å²) in [6.45, 7) is 5.07. The molecule has 70 valence electrons. The molecule has 1 aliphatic rings. The van der Waals surface area contributed by atoms with Crippen molar-refractivity contribution in [1.82, 2.24) is 10.4 Å². The van der Waals surface area contributed by atoms with Crippen LogP contribution in [0.2, 0.25) is 0 Å². The van der Waals surface area contributed by atoms with E-state index >= 15 is 0 Å². The first-order chi connectivity index (χ1) is 5.66. The quantitative estimate of drug-likeness (QED) is 0.467. The maximum Gasteiger partial charge on any atom is 0.260 e. The zero-order valence-electron chi connectivity index (χ0n) is 7.58. The highest BCUT2D eigenvalue weighted by Crippen LogP contribution is 2.19. The molecule has 0 radical (unpaired) electrons. The monoisotopic (exact) mass is 172 g/mol. The summed E-state index contributed by atoms with van der Waals surface area (Å²) in [6.07, 6.45) is 1.89. The van der Waals surface area contributed by atoms with Crippen LogP contribution in [-0.4, -0.2) is 34.6 Å². The minimum atomic E-state index is -0.277. The molecule has 1 rings (SSSR count). The predicted molar refractivity (Wildman–Crippen MR) is 44.8 cm³/mol. The van der Waals surface area contributed by atoms with E-state index in [1.165, 1.54) is 0 Å². The molecule has 4 heteroatoms. The molecule has 12 heavy (non-hydrogen) atoms. The lowest BCUT2D eigenvalue weighted by molar-refractivity contribution is -0.134. The number of rotatable bonds is 2. The lowest BCUT2D eigenvalue weighted by Gasteiger charge is -2.26. The highest BCUT2D eigenvalue weighted by Gasteiger charge is 2.31. The smallest absolute Gasteiger partial charge is 0.260 e. The van der Waals surface area contributed by atoms with Crippen LogP contribution in [0.1, 0.15) is 26.7 Å². The Balaban J connectivity index is 2.57. The van der Waals surface area contributed by atoms with Gasteiger partial charge in [0, 0.05) is 6.04 Å². The first kappa shape index (κ1) is 9.48. The molecule has 0 unspecified atom stereocenters. The standard InChI is InChI=1S/C8H16N2O2/c1-6(2)10-5-3-4-7(10)8(11)9-12/h6-7,12H,3-5H2,1-2H3,(H,9,11)/t7-/m0/s1. The van der Waals surface area contributed by atoms with Crippen molar-refractivity contribution >= 4 is 5.91 Å². The number of carbonyl (C=O) groups is 1. The SMILES string of the molecule is CC(C)N1CCC[C@H]1C(=O)NO. The van der Waals surface area contributed by atoms with Crippen molar-refractivity contribution in [3.05, 3.63) is 0 Å². The van der Waals surface area contributed by atoms with Crippen LogP contribution < -0.4 is 5.48 Å². The van der Waals surface area contributed by atoms with E-state index in [1.54, 1.807) is 5.48 Å². The Hall–Kier alpha value is -0.610. The third kappa shape index (κ3) is 1.76. The van der Waals surface area contributed by atoms with Gasteiger partial charge in [0.05, 0.1) is 6.04 Å². The van der Waals surface area contributed by atoms with Crippen molar-refractivity contribution in [2.75, 3.05) is 6.54 Å². The van der Waals surface area contributed by atoms with Crippen molar-refractivity contribution in [3.8, 4) is 0 Å². The molecule has 1 aliphatic heterocycles. The molecule has 0 bridgehead atoms. The molecule has 2 N–H and O–H groups in total. The fraction of sp³-hybridized carbons (Fsp3) is 0.875. The summed E-state index contributed by atoms with van der Waals surface area (Å²) in [6, 6.07) is 0.241. The van der Waals surface area contributed by atoms with Gasteiger partial charge in [-0.3, -0.25) is 14.9 Å². The molecule has 1 amide bonds. The minimum absolute atomic E-state index is 0.130. The van der Waals surface area contributed by atoms with E-state index in [4.69, 9.17) is 5.21 Å². The normalized spacial score (nSPS) is 24.8. The zero-order chi connectivity index (χ0) is 9.14. The largest absolute Gasteiger partial charge is 0.289 e. The molecule has 0 aromatic carbocycles. The fourth-order valence-electron chi connectivity index (χ4n) is 1.76. The van der Waals surface area contributed by atoms with E-state index in [0.29, 0.717) is 6.04 Å². The molecule has 0 spiro atoms. The Morgan fingerprint density at radius 3 is 2.83 bits per heavy atom. The molecule has 0 aromatic heterocycles. The molecular weight excluding hydrogens is 156 g/mol. The van der Waals surface area contributed by atoms with Gasteiger partial charge in [-0.15, -0.1) is 0 Å². The van der Waals surface area contributed by atoms with Gasteiger partial charge in [-0.2, -0.15) is 0 Å². The zero-order valence-corrected chi connectivity index (χ0v) is 7.58. The van der Waals surface area contributed by atoms with Gasteiger partial charge >= 0.3 is 0 Å². The third-order valence-electron chi connectivity index (χ3n) is 2.37. The first-order valence-electron chi connectivity index (χ1n) is 4.36. The summed E-state index contributed by atoms with van der Waals surface area (Å²) >= 11 is 0. The number of nitrogens with one attached hydrogen (secondary N) is 1. The maximum absolute atomic E-state index is 11.1. The number of hydroxylamine groups is 1. The van der Waals surface area contributed by atoms with Crippen LogP contribution in [0.5, 0.6) is 0 Å². The molecule has 0 aliphatic carbocycles. The number of carbonyl (C=O) groups excluding carboxylic acids is 1. The van der Waals surface area contributed by atoms with Gasteiger partial charge in [0.15, 0.2) is 0 Å². The van der Waals surface area contributed by atoms with Gasteiger partial charge in [-0.1, -0.05) is 0 Å². The second-order valence-electron chi connectivity index (χ2n) is 3.47. The number of hydrogen-bond donors (Lipinski definition) is 2. The molecule has 4 nitrogen and oxygen atoms in total. The molecule has 0 aromatic rings. The molecule has 1 saturated heterocycles. The van der Waals surface area contributed by atoms with Gasteiger partial charge < -0.3 is 0 Å². The van der Waals surface area contributed by atoms with Crippen LogP contribution in [0.15, 0.2) is 0 Å². The van der Waals surface area contributed by atoms with Crippen LogP contribution in [0.4, 0.5) is 0 Å². The topological polar surface area (TPSA) is 52.6 Å². The van der Waals surface area contributed by atoms with Crippen molar-refractivity contribution < 1.29 is 10.0 Å². The number of hydrogen-bond acceptors (Lipinski definition) is 3. The van der Waals surface area contributed by atoms with E-state index < -0.39 is 0 Å². The Kier molecular flexibility index (Phi) is 3.05. The van der Waals surface area contributed by atoms with Crippen molar-refractivity contribution in [2.45, 2.75) is 38.8 Å². The van der Waals surface area contributed by atoms with Crippen LogP contribution in [0.25, 0.3) is 0 Å². The average Bonchev–Trinajstić information content (AvgIpc) is 2.50. The van der Waals surface area contributed by atoms with Crippen LogP contribution in [0, 0.1) is 0 Å². The Bertz CT molecular complexity index is 170. The first-order valence-corrected chi connectivity index (χ1v) is 4.36. The van der Waals surface area contributed by atoms with Crippen molar-refractivity contribution in [1.29, 1.82) is 0 Å². The predicted octanol–water partition coefficient (Wildman–Crippen LogP) is 0.365. The second-order valence-corrected chi connectivity index (χ2v) is 3.47. The number of amides is 1. The summed E-state index contributed by atoms with van der Waals surface area (Å²) < 4.78 is 0. The van der Waals surface area contributed by atoms with Gasteiger partial charge in [-0.25, -0.2) is 5.48 Å². The van der Waals surface area contributed by atoms with Crippen LogP contribution in [-0.2, 0) is 4.79 Å². The molecule has 0 saturated carbocycles. The highest BCUT2D eigenvalue weighted by atomic mass is 16.5. The number of nitrogens with zero attached hydrogens (tertiary/aromatic N) is 1. The lowest BCUT2D eigenvalue weighted by atomic mass is 10.2. The summed E-state index contributed by atoms with van der Waals surface area (Å²) in [4.78, 5) is 13.2. The van der Waals surface area contributed by atoms with Gasteiger partial charge in [-0.05, 0) is 33.2 Å². The third-order valence-corrected chi connectivity index (χ3v) is 2.37. The summed E-state index contributed by atoms with van der Waals surface area (Å²) in [5.41, 5.74) is 1.71. The van der Waals surface area contributed by atoms with E-state index in [0.717, 1.165) is 19.4 Å². The Labute approximate surface area is 72.5 Å². The van der Waals surface area contributed by atoms with Crippen molar-refractivity contribution in [2.24, 2.45) is 0 Å². The van der Waals surface area contributed by atoms with Crippen LogP contribution >= 0.6 is 0 Å². The van der Waals surface area contributed by atoms with E-state index in [1.807, 2.05) is 0 Å². The molecular formula is C8H16N2O2. The molecule has 1 atom stereocenters. The van der Waals surface area contributed by atoms with Gasteiger partial charge in [0.2, 0.25) is 0 Å². The van der Waals surface area contributed by atoms with E-state index in [-0.39, 0.29) is 11.9 Å². The lowest BCUT2D eigenvalue weighted by Crippen LogP contribution is -2.45. The maximum atomic E-state index is 11.1. The van der Waals surface area contributed by atoms with Gasteiger partial charge in [0.1, 0.15) is 0 Å². The minimum Gasteiger partial charge on any atom is -0.289 e. The van der Waals surface area contributed by atoms with E-state index in [2.05, 4.69) is 18.7 Å². The summed E-state index contributed by atoms with van der Waals surface area (Å²) in [5, 5.41) is 8.47. The van der Waals surface area contributed by atoms with E-state index in [9.17, 15) is 4.79 Å². The average molecular weight is 172 g/mol. The van der Waals surface area contributed by atoms with Crippen LogP contribution in [0.3, 0.4) is 0 Å². The highest BCUT2D eigenvalue weighted by molar-refractivity contribution is 5.80. The summed E-state index contributed by atoms with van der Waals surface area (Å²) in [7, 11) is 0. The van der Waals surface area contributed by atoms with Crippen molar-refractivity contribution in [3.63, 3.8) is 0 Å². The number of likely N-dealkylation sites (tertiary alicyclic amines) is 1. The fourth-order valence-corrected chi connectivity index (χ4v) is 1.76. The molecule has 1 heterocycles. The Morgan fingerprint density at radius 2 is 2.33 bits per heavy atom.